The molecule has 5 heteroatoms. The zero-order valence-electron chi connectivity index (χ0n) is 11.7. The molecule has 0 atom stereocenters. The normalized spacial score (nSPS) is 9.95. The van der Waals surface area contributed by atoms with Gasteiger partial charge in [-0.3, -0.25) is 9.78 Å². The summed E-state index contributed by atoms with van der Waals surface area (Å²) in [6.45, 7) is 0. The lowest BCUT2D eigenvalue weighted by atomic mass is 10.1. The van der Waals surface area contributed by atoms with Crippen LogP contribution in [0.15, 0.2) is 48.8 Å². The SMILES string of the molecule is COC(=O)c1ccc(NC(=O)CCc2ccncc2)cc1. The second-order valence-corrected chi connectivity index (χ2v) is 4.47. The van der Waals surface area contributed by atoms with Crippen LogP contribution in [0.25, 0.3) is 0 Å². The highest BCUT2D eigenvalue weighted by Crippen LogP contribution is 2.11. The van der Waals surface area contributed by atoms with E-state index >= 15 is 0 Å². The Kier molecular flexibility index (Phi) is 5.04. The Morgan fingerprint density at radius 2 is 1.76 bits per heavy atom. The number of carbonyl (C=O) groups excluding carboxylic acids is 2. The van der Waals surface area contributed by atoms with E-state index < -0.39 is 5.97 Å². The van der Waals surface area contributed by atoms with E-state index in [1.54, 1.807) is 36.7 Å². The average Bonchev–Trinajstić information content (AvgIpc) is 2.54. The molecule has 0 saturated heterocycles. The number of amides is 1. The number of aromatic nitrogens is 1. The van der Waals surface area contributed by atoms with Crippen molar-refractivity contribution in [2.75, 3.05) is 12.4 Å². The van der Waals surface area contributed by atoms with Gasteiger partial charge in [0, 0.05) is 24.5 Å². The van der Waals surface area contributed by atoms with E-state index in [1.807, 2.05) is 12.1 Å². The molecule has 5 nitrogen and oxygen atoms in total. The first kappa shape index (κ1) is 14.7. The monoisotopic (exact) mass is 284 g/mol. The maximum absolute atomic E-state index is 11.8. The van der Waals surface area contributed by atoms with Crippen LogP contribution in [0.4, 0.5) is 5.69 Å². The van der Waals surface area contributed by atoms with Crippen molar-refractivity contribution in [2.24, 2.45) is 0 Å². The molecule has 21 heavy (non-hydrogen) atoms. The van der Waals surface area contributed by atoms with Gasteiger partial charge in [0.1, 0.15) is 0 Å². The molecular formula is C16H16N2O3. The summed E-state index contributed by atoms with van der Waals surface area (Å²) in [6, 6.07) is 10.4. The Labute approximate surface area is 123 Å². The lowest BCUT2D eigenvalue weighted by molar-refractivity contribution is -0.116. The summed E-state index contributed by atoms with van der Waals surface area (Å²) in [5.41, 5.74) is 2.18. The van der Waals surface area contributed by atoms with Gasteiger partial charge >= 0.3 is 5.97 Å². The first-order valence-electron chi connectivity index (χ1n) is 6.56. The van der Waals surface area contributed by atoms with Crippen molar-refractivity contribution >= 4 is 17.6 Å². The number of nitrogens with zero attached hydrogens (tertiary/aromatic N) is 1. The average molecular weight is 284 g/mol. The number of nitrogens with one attached hydrogen (secondary N) is 1. The number of benzene rings is 1. The molecule has 0 aliphatic rings. The van der Waals surface area contributed by atoms with Crippen molar-refractivity contribution in [3.05, 3.63) is 59.9 Å². The van der Waals surface area contributed by atoms with E-state index in [9.17, 15) is 9.59 Å². The molecule has 0 fully saturated rings. The molecule has 1 aromatic carbocycles. The second-order valence-electron chi connectivity index (χ2n) is 4.47. The lowest BCUT2D eigenvalue weighted by Crippen LogP contribution is -2.12. The molecule has 2 aromatic rings. The van der Waals surface area contributed by atoms with Gasteiger partial charge < -0.3 is 10.1 Å². The van der Waals surface area contributed by atoms with Gasteiger partial charge in [-0.1, -0.05) is 0 Å². The minimum absolute atomic E-state index is 0.0716. The second kappa shape index (κ2) is 7.19. The largest absolute Gasteiger partial charge is 0.465 e. The van der Waals surface area contributed by atoms with E-state index in [-0.39, 0.29) is 5.91 Å². The highest BCUT2D eigenvalue weighted by atomic mass is 16.5. The van der Waals surface area contributed by atoms with Crippen molar-refractivity contribution < 1.29 is 14.3 Å². The number of anilines is 1. The molecule has 1 N–H and O–H groups in total. The van der Waals surface area contributed by atoms with Gasteiger partial charge in [0.2, 0.25) is 5.91 Å². The fraction of sp³-hybridized carbons (Fsp3) is 0.188. The van der Waals surface area contributed by atoms with E-state index in [1.165, 1.54) is 7.11 Å². The molecule has 2 rings (SSSR count). The van der Waals surface area contributed by atoms with Gasteiger partial charge in [0.05, 0.1) is 12.7 Å². The fourth-order valence-corrected chi connectivity index (χ4v) is 1.84. The Bertz CT molecular complexity index is 609. The van der Waals surface area contributed by atoms with Crippen LogP contribution in [-0.2, 0) is 16.0 Å². The molecule has 0 unspecified atom stereocenters. The summed E-state index contributed by atoms with van der Waals surface area (Å²) in [7, 11) is 1.33. The number of methoxy groups -OCH3 is 1. The van der Waals surface area contributed by atoms with Crippen LogP contribution in [0.3, 0.4) is 0 Å². The summed E-state index contributed by atoms with van der Waals surface area (Å²) in [5, 5.41) is 2.79. The third-order valence-corrected chi connectivity index (χ3v) is 2.98. The topological polar surface area (TPSA) is 68.3 Å². The van der Waals surface area contributed by atoms with Gasteiger partial charge in [-0.15, -0.1) is 0 Å². The first-order valence-corrected chi connectivity index (χ1v) is 6.56. The van der Waals surface area contributed by atoms with Crippen LogP contribution < -0.4 is 5.32 Å². The number of ether oxygens (including phenoxy) is 1. The maximum Gasteiger partial charge on any atom is 0.337 e. The number of carbonyl (C=O) groups is 2. The molecular weight excluding hydrogens is 268 g/mol. The molecule has 1 aromatic heterocycles. The third-order valence-electron chi connectivity index (χ3n) is 2.98. The number of esters is 1. The summed E-state index contributed by atoms with van der Waals surface area (Å²) in [5.74, 6) is -0.469. The predicted octanol–water partition coefficient (Wildman–Crippen LogP) is 2.44. The summed E-state index contributed by atoms with van der Waals surface area (Å²) in [4.78, 5) is 27.1. The van der Waals surface area contributed by atoms with Crippen molar-refractivity contribution in [1.82, 2.24) is 4.98 Å². The van der Waals surface area contributed by atoms with E-state index in [0.717, 1.165) is 5.56 Å². The molecule has 1 amide bonds. The minimum atomic E-state index is -0.398. The van der Waals surface area contributed by atoms with E-state index in [2.05, 4.69) is 15.0 Å². The number of pyridine rings is 1. The number of aryl methyl sites for hydroxylation is 1. The van der Waals surface area contributed by atoms with Gasteiger partial charge in [-0.05, 0) is 48.4 Å². The number of hydrogen-bond donors (Lipinski definition) is 1. The van der Waals surface area contributed by atoms with Crippen molar-refractivity contribution in [3.63, 3.8) is 0 Å². The molecule has 0 spiro atoms. The molecule has 0 aliphatic heterocycles. The zero-order chi connectivity index (χ0) is 15.1. The van der Waals surface area contributed by atoms with Crippen LogP contribution in [0, 0.1) is 0 Å². The van der Waals surface area contributed by atoms with Crippen LogP contribution in [-0.4, -0.2) is 24.0 Å². The van der Waals surface area contributed by atoms with Crippen molar-refractivity contribution in [1.29, 1.82) is 0 Å². The molecule has 0 radical (unpaired) electrons. The Morgan fingerprint density at radius 1 is 1.10 bits per heavy atom. The van der Waals surface area contributed by atoms with Gasteiger partial charge in [-0.25, -0.2) is 4.79 Å². The summed E-state index contributed by atoms with van der Waals surface area (Å²) >= 11 is 0. The maximum atomic E-state index is 11.8. The van der Waals surface area contributed by atoms with Crippen LogP contribution in [0.1, 0.15) is 22.3 Å². The number of hydrogen-bond acceptors (Lipinski definition) is 4. The first-order chi connectivity index (χ1) is 10.2. The number of rotatable bonds is 5. The van der Waals surface area contributed by atoms with Gasteiger partial charge in [-0.2, -0.15) is 0 Å². The minimum Gasteiger partial charge on any atom is -0.465 e. The smallest absolute Gasteiger partial charge is 0.337 e. The van der Waals surface area contributed by atoms with Gasteiger partial charge in [0.25, 0.3) is 0 Å². The van der Waals surface area contributed by atoms with Crippen molar-refractivity contribution in [3.8, 4) is 0 Å². The molecule has 0 bridgehead atoms. The van der Waals surface area contributed by atoms with Gasteiger partial charge in [0.15, 0.2) is 0 Å². The van der Waals surface area contributed by atoms with E-state index in [4.69, 9.17) is 0 Å². The van der Waals surface area contributed by atoms with Crippen molar-refractivity contribution in [2.45, 2.75) is 12.8 Å². The van der Waals surface area contributed by atoms with E-state index in [0.29, 0.717) is 24.1 Å². The fourth-order valence-electron chi connectivity index (χ4n) is 1.84. The standard InChI is InChI=1S/C16H16N2O3/c1-21-16(20)13-3-5-14(6-4-13)18-15(19)7-2-12-8-10-17-11-9-12/h3-6,8-11H,2,7H2,1H3,(H,18,19). The Hall–Kier alpha value is -2.69. The molecule has 0 saturated carbocycles. The Balaban J connectivity index is 1.86. The van der Waals surface area contributed by atoms with Crippen LogP contribution in [0.5, 0.6) is 0 Å². The molecule has 0 aliphatic carbocycles. The highest BCUT2D eigenvalue weighted by Gasteiger charge is 2.06. The molecule has 108 valence electrons. The quantitative estimate of drug-likeness (QED) is 0.856. The van der Waals surface area contributed by atoms with Crippen LogP contribution >= 0.6 is 0 Å². The highest BCUT2D eigenvalue weighted by molar-refractivity contribution is 5.93. The third kappa shape index (κ3) is 4.42. The Morgan fingerprint density at radius 3 is 2.38 bits per heavy atom. The molecule has 1 heterocycles. The summed E-state index contributed by atoms with van der Waals surface area (Å²) in [6.07, 6.45) is 4.47. The zero-order valence-corrected chi connectivity index (χ0v) is 11.7. The lowest BCUT2D eigenvalue weighted by Gasteiger charge is -2.06. The summed E-state index contributed by atoms with van der Waals surface area (Å²) < 4.78 is 4.61. The predicted molar refractivity (Wildman–Crippen MR) is 79.0 cm³/mol. The van der Waals surface area contributed by atoms with Crippen LogP contribution in [0.2, 0.25) is 0 Å².